The molecule has 0 aliphatic rings. The van der Waals surface area contributed by atoms with Gasteiger partial charge in [0.1, 0.15) is 0 Å². The molecule has 0 unspecified atom stereocenters. The van der Waals surface area contributed by atoms with E-state index in [1.165, 1.54) is 0 Å². The van der Waals surface area contributed by atoms with Gasteiger partial charge in [0.25, 0.3) is 0 Å². The number of carbonyl (C=O) groups excluding carboxylic acids is 2. The Bertz CT molecular complexity index is 522. The molecule has 0 atom stereocenters. The molecule has 0 fully saturated rings. The first-order valence-corrected chi connectivity index (χ1v) is 9.14. The average Bonchev–Trinajstić information content (AvgIpc) is 2.57. The van der Waals surface area contributed by atoms with Crippen molar-refractivity contribution in [1.29, 1.82) is 0 Å². The Morgan fingerprint density at radius 3 is 1.83 bits per heavy atom. The minimum absolute atomic E-state index is 0.278. The second-order valence-electron chi connectivity index (χ2n) is 6.00. The van der Waals surface area contributed by atoms with Gasteiger partial charge in [-0.25, -0.2) is 0 Å². The van der Waals surface area contributed by atoms with Gasteiger partial charge in [-0.05, 0) is 37.0 Å². The van der Waals surface area contributed by atoms with Crippen LogP contribution in [-0.4, -0.2) is 11.9 Å². The van der Waals surface area contributed by atoms with E-state index in [0.29, 0.717) is 24.3 Å². The maximum absolute atomic E-state index is 12.0. The molecule has 0 radical (unpaired) electrons. The average molecular weight is 334 g/mol. The number of benzene rings is 1. The predicted octanol–water partition coefficient (Wildman–Crippen LogP) is 5.22. The molecule has 24 heavy (non-hydrogen) atoms. The Morgan fingerprint density at radius 1 is 0.792 bits per heavy atom. The van der Waals surface area contributed by atoms with Crippen molar-refractivity contribution < 1.29 is 19.1 Å². The van der Waals surface area contributed by atoms with Crippen LogP contribution in [0, 0.1) is 0 Å². The Hall–Kier alpha value is -1.84. The largest absolute Gasteiger partial charge is 0.423 e. The first-order chi connectivity index (χ1) is 11.6. The third-order valence-electron chi connectivity index (χ3n) is 3.83. The molecular weight excluding hydrogens is 304 g/mol. The molecule has 0 N–H and O–H groups in total. The summed E-state index contributed by atoms with van der Waals surface area (Å²) in [5.41, 5.74) is 1.04. The van der Waals surface area contributed by atoms with E-state index in [4.69, 9.17) is 9.47 Å². The molecule has 0 spiro atoms. The van der Waals surface area contributed by atoms with Crippen LogP contribution < -0.4 is 9.47 Å². The van der Waals surface area contributed by atoms with Crippen molar-refractivity contribution >= 4 is 11.9 Å². The molecule has 134 valence electrons. The number of carbonyl (C=O) groups is 2. The topological polar surface area (TPSA) is 52.6 Å². The van der Waals surface area contributed by atoms with Crippen molar-refractivity contribution in [1.82, 2.24) is 0 Å². The van der Waals surface area contributed by atoms with Gasteiger partial charge in [0.05, 0.1) is 0 Å². The van der Waals surface area contributed by atoms with Crippen molar-refractivity contribution in [3.8, 4) is 11.5 Å². The summed E-state index contributed by atoms with van der Waals surface area (Å²) >= 11 is 0. The summed E-state index contributed by atoms with van der Waals surface area (Å²) in [6, 6.07) is 5.39. The van der Waals surface area contributed by atoms with Crippen molar-refractivity contribution in [3.05, 3.63) is 23.8 Å². The minimum Gasteiger partial charge on any atom is -0.423 e. The van der Waals surface area contributed by atoms with Gasteiger partial charge in [-0.3, -0.25) is 9.59 Å². The fourth-order valence-corrected chi connectivity index (χ4v) is 2.32. The van der Waals surface area contributed by atoms with Crippen LogP contribution in [0.4, 0.5) is 0 Å². The molecule has 0 amide bonds. The van der Waals surface area contributed by atoms with Crippen LogP contribution in [0.2, 0.25) is 0 Å². The highest BCUT2D eigenvalue weighted by Crippen LogP contribution is 2.30. The third kappa shape index (κ3) is 7.62. The van der Waals surface area contributed by atoms with Crippen molar-refractivity contribution in [3.63, 3.8) is 0 Å². The van der Waals surface area contributed by atoms with Crippen molar-refractivity contribution in [2.24, 2.45) is 0 Å². The van der Waals surface area contributed by atoms with Gasteiger partial charge in [-0.15, -0.1) is 0 Å². The van der Waals surface area contributed by atoms with Crippen LogP contribution in [0.3, 0.4) is 0 Å². The van der Waals surface area contributed by atoms with Crippen LogP contribution in [0.15, 0.2) is 18.2 Å². The monoisotopic (exact) mass is 334 g/mol. The second kappa shape index (κ2) is 11.7. The lowest BCUT2D eigenvalue weighted by atomic mass is 10.1. The van der Waals surface area contributed by atoms with Gasteiger partial charge in [0.2, 0.25) is 0 Å². The number of aryl methyl sites for hydroxylation is 1. The summed E-state index contributed by atoms with van der Waals surface area (Å²) in [6.45, 7) is 6.20. The smallest absolute Gasteiger partial charge is 0.311 e. The number of hydrogen-bond donors (Lipinski definition) is 0. The van der Waals surface area contributed by atoms with Gasteiger partial charge >= 0.3 is 11.9 Å². The van der Waals surface area contributed by atoms with Crippen LogP contribution >= 0.6 is 0 Å². The highest BCUT2D eigenvalue weighted by Gasteiger charge is 2.14. The second-order valence-corrected chi connectivity index (χ2v) is 6.00. The molecule has 0 saturated heterocycles. The summed E-state index contributed by atoms with van der Waals surface area (Å²) in [7, 11) is 0. The van der Waals surface area contributed by atoms with Crippen LogP contribution in [0.1, 0.15) is 77.7 Å². The number of rotatable bonds is 11. The molecule has 4 heteroatoms. The lowest BCUT2D eigenvalue weighted by Gasteiger charge is -2.12. The molecule has 1 aromatic rings. The maximum atomic E-state index is 12.0. The van der Waals surface area contributed by atoms with E-state index in [1.54, 1.807) is 12.1 Å². The van der Waals surface area contributed by atoms with Crippen LogP contribution in [-0.2, 0) is 16.0 Å². The molecule has 1 aromatic carbocycles. The Morgan fingerprint density at radius 2 is 1.33 bits per heavy atom. The normalized spacial score (nSPS) is 10.5. The first kappa shape index (κ1) is 20.2. The number of ether oxygens (including phenoxy) is 2. The Balaban J connectivity index is 2.72. The molecular formula is C20H30O4. The zero-order chi connectivity index (χ0) is 17.8. The number of hydrogen-bond acceptors (Lipinski definition) is 4. The predicted molar refractivity (Wildman–Crippen MR) is 95.4 cm³/mol. The molecule has 0 aliphatic carbocycles. The van der Waals surface area contributed by atoms with E-state index in [9.17, 15) is 9.59 Å². The van der Waals surface area contributed by atoms with Gasteiger partial charge in [0, 0.05) is 12.8 Å². The molecule has 0 bridgehead atoms. The standard InChI is InChI=1S/C20H30O4/c1-4-7-9-11-19(21)23-17-14-13-16(6-3)15-18(17)24-20(22)12-10-8-5-2/h13-15H,4-12H2,1-3H3. The molecule has 0 saturated carbocycles. The van der Waals surface area contributed by atoms with Crippen molar-refractivity contribution in [2.45, 2.75) is 78.6 Å². The van der Waals surface area contributed by atoms with E-state index in [1.807, 2.05) is 13.0 Å². The fourth-order valence-electron chi connectivity index (χ4n) is 2.32. The summed E-state index contributed by atoms with van der Waals surface area (Å²) in [5, 5.41) is 0. The quantitative estimate of drug-likeness (QED) is 0.316. The molecule has 1 rings (SSSR count). The van der Waals surface area contributed by atoms with E-state index in [2.05, 4.69) is 13.8 Å². The fraction of sp³-hybridized carbons (Fsp3) is 0.600. The van der Waals surface area contributed by atoms with E-state index >= 15 is 0 Å². The third-order valence-corrected chi connectivity index (χ3v) is 3.83. The van der Waals surface area contributed by atoms with Gasteiger partial charge < -0.3 is 9.47 Å². The summed E-state index contributed by atoms with van der Waals surface area (Å²) < 4.78 is 10.8. The molecule has 0 aliphatic heterocycles. The molecule has 0 heterocycles. The van der Waals surface area contributed by atoms with E-state index in [-0.39, 0.29) is 11.9 Å². The van der Waals surface area contributed by atoms with Gasteiger partial charge in [-0.2, -0.15) is 0 Å². The number of unbranched alkanes of at least 4 members (excludes halogenated alkanes) is 4. The summed E-state index contributed by atoms with van der Waals surface area (Å²) in [4.78, 5) is 23.9. The zero-order valence-electron chi connectivity index (χ0n) is 15.2. The van der Waals surface area contributed by atoms with Crippen LogP contribution in [0.5, 0.6) is 11.5 Å². The van der Waals surface area contributed by atoms with Gasteiger partial charge in [0.15, 0.2) is 11.5 Å². The minimum atomic E-state index is -0.281. The molecule has 0 aromatic heterocycles. The maximum Gasteiger partial charge on any atom is 0.311 e. The lowest BCUT2D eigenvalue weighted by Crippen LogP contribution is -2.12. The van der Waals surface area contributed by atoms with Crippen LogP contribution in [0.25, 0.3) is 0 Å². The Kier molecular flexibility index (Phi) is 9.81. The van der Waals surface area contributed by atoms with E-state index in [0.717, 1.165) is 50.5 Å². The molecule has 4 nitrogen and oxygen atoms in total. The summed E-state index contributed by atoms with van der Waals surface area (Å²) in [5.74, 6) is 0.119. The Labute approximate surface area is 145 Å². The first-order valence-electron chi connectivity index (χ1n) is 9.14. The highest BCUT2D eigenvalue weighted by molar-refractivity contribution is 5.76. The van der Waals surface area contributed by atoms with Gasteiger partial charge in [-0.1, -0.05) is 52.5 Å². The number of esters is 2. The SMILES string of the molecule is CCCCCC(=O)Oc1ccc(CC)cc1OC(=O)CCCCC. The van der Waals surface area contributed by atoms with E-state index < -0.39 is 0 Å². The lowest BCUT2D eigenvalue weighted by molar-refractivity contribution is -0.137. The van der Waals surface area contributed by atoms with Crippen molar-refractivity contribution in [2.75, 3.05) is 0 Å². The zero-order valence-corrected chi connectivity index (χ0v) is 15.2. The highest BCUT2D eigenvalue weighted by atomic mass is 16.6. The summed E-state index contributed by atoms with van der Waals surface area (Å²) in [6.07, 6.45) is 7.33.